The van der Waals surface area contributed by atoms with Crippen molar-refractivity contribution in [3.05, 3.63) is 35.4 Å². The fraction of sp³-hybridized carbons (Fsp3) is 0.579. The molecule has 2 bridgehead atoms. The molecule has 2 saturated carbocycles. The summed E-state index contributed by atoms with van der Waals surface area (Å²) in [6, 6.07) is 9.35. The van der Waals surface area contributed by atoms with E-state index in [1.54, 1.807) is 12.1 Å². The van der Waals surface area contributed by atoms with Crippen LogP contribution in [-0.4, -0.2) is 21.6 Å². The fourth-order valence-corrected chi connectivity index (χ4v) is 8.48. The molecule has 5 heteroatoms. The Morgan fingerprint density at radius 2 is 1.79 bits per heavy atom. The average molecular weight is 360 g/mol. The predicted molar refractivity (Wildman–Crippen MR) is 97.5 cm³/mol. The molecule has 126 valence electrons. The molecular formula is C19H21NO2S2. The number of nitriles is 1. The number of nitrogens with zero attached hydrogens (tertiary/aromatic N) is 1. The molecule has 3 nitrogen and oxygen atoms in total. The van der Waals surface area contributed by atoms with Crippen LogP contribution in [0.5, 0.6) is 0 Å². The molecule has 0 amide bonds. The average Bonchev–Trinajstić information content (AvgIpc) is 3.15. The molecule has 24 heavy (non-hydrogen) atoms. The van der Waals surface area contributed by atoms with Gasteiger partial charge in [-0.3, -0.25) is 4.79 Å². The second-order valence-corrected chi connectivity index (χ2v) is 9.98. The predicted octanol–water partition coefficient (Wildman–Crippen LogP) is 4.21. The maximum Gasteiger partial charge on any atom is 0.309 e. The van der Waals surface area contributed by atoms with E-state index in [2.05, 4.69) is 29.6 Å². The minimum Gasteiger partial charge on any atom is -0.461 e. The number of benzene rings is 1. The Bertz CT molecular complexity index is 645. The van der Waals surface area contributed by atoms with E-state index in [9.17, 15) is 4.79 Å². The highest BCUT2D eigenvalue weighted by atomic mass is 32.2. The number of ether oxygens (including phenoxy) is 1. The van der Waals surface area contributed by atoms with Gasteiger partial charge in [-0.25, -0.2) is 0 Å². The van der Waals surface area contributed by atoms with E-state index >= 15 is 0 Å². The van der Waals surface area contributed by atoms with Crippen molar-refractivity contribution < 1.29 is 9.53 Å². The van der Waals surface area contributed by atoms with Crippen molar-refractivity contribution in [2.45, 2.75) is 36.4 Å². The highest BCUT2D eigenvalue weighted by Gasteiger charge is 2.57. The van der Waals surface area contributed by atoms with Gasteiger partial charge in [0.05, 0.1) is 21.6 Å². The number of carbonyl (C=O) groups excluding carboxylic acids is 1. The zero-order valence-electron chi connectivity index (χ0n) is 13.6. The van der Waals surface area contributed by atoms with E-state index in [0.717, 1.165) is 18.4 Å². The molecule has 3 fully saturated rings. The summed E-state index contributed by atoms with van der Waals surface area (Å²) < 4.78 is 6.00. The zero-order chi connectivity index (χ0) is 16.6. The van der Waals surface area contributed by atoms with Gasteiger partial charge in [0.15, 0.2) is 0 Å². The van der Waals surface area contributed by atoms with E-state index in [-0.39, 0.29) is 11.9 Å². The molecule has 0 radical (unpaired) electrons. The Labute approximate surface area is 151 Å². The van der Waals surface area contributed by atoms with Crippen LogP contribution in [0, 0.1) is 29.1 Å². The van der Waals surface area contributed by atoms with Crippen LogP contribution in [-0.2, 0) is 16.1 Å². The number of hydrogen-bond acceptors (Lipinski definition) is 5. The lowest BCUT2D eigenvalue weighted by Gasteiger charge is -2.42. The first kappa shape index (κ1) is 16.4. The fourth-order valence-electron chi connectivity index (χ4n) is 4.54. The third-order valence-corrected chi connectivity index (χ3v) is 9.69. The lowest BCUT2D eigenvalue weighted by molar-refractivity contribution is -0.151. The normalized spacial score (nSPS) is 30.2. The monoisotopic (exact) mass is 359 g/mol. The lowest BCUT2D eigenvalue weighted by atomic mass is 9.80. The summed E-state index contributed by atoms with van der Waals surface area (Å²) in [4.78, 5) is 12.5. The van der Waals surface area contributed by atoms with Crippen LogP contribution in [0.25, 0.3) is 0 Å². The third kappa shape index (κ3) is 2.84. The molecular weight excluding hydrogens is 338 g/mol. The second kappa shape index (κ2) is 6.65. The molecule has 0 N–H and O–H groups in total. The van der Waals surface area contributed by atoms with Crippen LogP contribution in [0.1, 0.15) is 36.8 Å². The molecule has 1 unspecified atom stereocenters. The summed E-state index contributed by atoms with van der Waals surface area (Å²) in [6.07, 6.45) is 4.57. The van der Waals surface area contributed by atoms with Gasteiger partial charge in [-0.2, -0.15) is 5.26 Å². The first-order chi connectivity index (χ1) is 11.7. The van der Waals surface area contributed by atoms with Crippen molar-refractivity contribution in [3.63, 3.8) is 0 Å². The third-order valence-electron chi connectivity index (χ3n) is 5.68. The lowest BCUT2D eigenvalue weighted by Crippen LogP contribution is -2.40. The number of hydrogen-bond donors (Lipinski definition) is 0. The first-order valence-electron chi connectivity index (χ1n) is 8.65. The minimum atomic E-state index is -0.0286. The van der Waals surface area contributed by atoms with Gasteiger partial charge in [0.2, 0.25) is 0 Å². The SMILES string of the molecule is N#Cc1ccc(COC(=O)C2C[C@H]3CC[C@@H](C2)C32SCCS2)cc1. The topological polar surface area (TPSA) is 50.1 Å². The van der Waals surface area contributed by atoms with Crippen molar-refractivity contribution in [1.29, 1.82) is 5.26 Å². The maximum atomic E-state index is 12.5. The smallest absolute Gasteiger partial charge is 0.309 e. The Kier molecular flexibility index (Phi) is 4.53. The molecule has 2 aliphatic carbocycles. The van der Waals surface area contributed by atoms with Crippen LogP contribution < -0.4 is 0 Å². The number of rotatable bonds is 3. The van der Waals surface area contributed by atoms with E-state index in [0.29, 0.717) is 28.1 Å². The van der Waals surface area contributed by atoms with Crippen LogP contribution in [0.3, 0.4) is 0 Å². The number of thioether (sulfide) groups is 2. The Morgan fingerprint density at radius 3 is 2.38 bits per heavy atom. The molecule has 0 aromatic heterocycles. The summed E-state index contributed by atoms with van der Waals surface area (Å²) in [7, 11) is 0. The highest BCUT2D eigenvalue weighted by molar-refractivity contribution is 8.21. The molecule has 1 aromatic carbocycles. The molecule has 1 spiro atoms. The molecule has 3 atom stereocenters. The van der Waals surface area contributed by atoms with E-state index in [4.69, 9.17) is 10.00 Å². The van der Waals surface area contributed by atoms with Crippen molar-refractivity contribution in [2.24, 2.45) is 17.8 Å². The van der Waals surface area contributed by atoms with Crippen LogP contribution in [0.15, 0.2) is 24.3 Å². The van der Waals surface area contributed by atoms with Crippen LogP contribution >= 0.6 is 23.5 Å². The highest BCUT2D eigenvalue weighted by Crippen LogP contribution is 2.65. The summed E-state index contributed by atoms with van der Waals surface area (Å²) in [6.45, 7) is 0.311. The number of esters is 1. The van der Waals surface area contributed by atoms with Crippen molar-refractivity contribution in [3.8, 4) is 6.07 Å². The van der Waals surface area contributed by atoms with Gasteiger partial charge in [0, 0.05) is 11.5 Å². The van der Waals surface area contributed by atoms with Crippen molar-refractivity contribution in [2.75, 3.05) is 11.5 Å². The molecule has 3 aliphatic rings. The van der Waals surface area contributed by atoms with E-state index in [1.807, 2.05) is 12.1 Å². The number of carbonyl (C=O) groups is 1. The van der Waals surface area contributed by atoms with Crippen molar-refractivity contribution in [1.82, 2.24) is 0 Å². The molecule has 1 heterocycles. The quantitative estimate of drug-likeness (QED) is 0.757. The second-order valence-electron chi connectivity index (χ2n) is 6.97. The van der Waals surface area contributed by atoms with Gasteiger partial charge < -0.3 is 4.74 Å². The molecule has 1 aliphatic heterocycles. The van der Waals surface area contributed by atoms with Gasteiger partial charge in [0.25, 0.3) is 0 Å². The summed E-state index contributed by atoms with van der Waals surface area (Å²) in [5, 5.41) is 8.82. The molecule has 1 aromatic rings. The molecule has 1 saturated heterocycles. The van der Waals surface area contributed by atoms with Gasteiger partial charge >= 0.3 is 5.97 Å². The first-order valence-corrected chi connectivity index (χ1v) is 10.6. The molecule has 4 rings (SSSR count). The largest absolute Gasteiger partial charge is 0.461 e. The Morgan fingerprint density at radius 1 is 1.17 bits per heavy atom. The van der Waals surface area contributed by atoms with E-state index in [1.165, 1.54) is 24.3 Å². The van der Waals surface area contributed by atoms with E-state index < -0.39 is 0 Å². The summed E-state index contributed by atoms with van der Waals surface area (Å²) in [5.74, 6) is 3.95. The van der Waals surface area contributed by atoms with Gasteiger partial charge in [-0.05, 0) is 55.2 Å². The van der Waals surface area contributed by atoms with Crippen LogP contribution in [0.2, 0.25) is 0 Å². The maximum absolute atomic E-state index is 12.5. The minimum absolute atomic E-state index is 0.0286. The Balaban J connectivity index is 1.35. The standard InChI is InChI=1S/C19H21NO2S2/c20-11-13-1-3-14(4-2-13)12-22-18(21)15-9-16-5-6-17(10-15)19(16)23-7-8-24-19/h1-4,15-17H,5-10,12H2/t15?,16-,17+. The summed E-state index contributed by atoms with van der Waals surface area (Å²) >= 11 is 4.31. The zero-order valence-corrected chi connectivity index (χ0v) is 15.2. The van der Waals surface area contributed by atoms with Gasteiger partial charge in [-0.1, -0.05) is 12.1 Å². The Hall–Kier alpha value is -1.12. The summed E-state index contributed by atoms with van der Waals surface area (Å²) in [5.41, 5.74) is 1.57. The van der Waals surface area contributed by atoms with Crippen molar-refractivity contribution >= 4 is 29.5 Å². The van der Waals surface area contributed by atoms with Crippen LogP contribution in [0.4, 0.5) is 0 Å². The van der Waals surface area contributed by atoms with Gasteiger partial charge in [-0.15, -0.1) is 23.5 Å². The van der Waals surface area contributed by atoms with Gasteiger partial charge in [0.1, 0.15) is 6.61 Å².